The van der Waals surface area contributed by atoms with Crippen LogP contribution in [0, 0.1) is 0 Å². The highest BCUT2D eigenvalue weighted by Crippen LogP contribution is 2.39. The Morgan fingerprint density at radius 2 is 1.91 bits per heavy atom. The van der Waals surface area contributed by atoms with Crippen molar-refractivity contribution in [3.63, 3.8) is 0 Å². The van der Waals surface area contributed by atoms with Gasteiger partial charge in [-0.15, -0.1) is 0 Å². The standard InChI is InChI=1S/C24H23N3O4S/c1-2-3-14-26-23-22(9-6-13-25-23)31-21-11-10-18(16-19(21)24(26)28)32(29,30)27-15-12-17-7-4-5-8-20(17)27/h4-11,13,16H,2-3,12,14-15H2,1H3. The average molecular weight is 450 g/mol. The van der Waals surface area contributed by atoms with Gasteiger partial charge in [0.15, 0.2) is 11.6 Å². The Kier molecular flexibility index (Phi) is 5.09. The van der Waals surface area contributed by atoms with Crippen LogP contribution < -0.4 is 13.9 Å². The minimum absolute atomic E-state index is 0.0688. The first-order chi connectivity index (χ1) is 15.5. The number of carbonyl (C=O) groups is 1. The lowest BCUT2D eigenvalue weighted by Gasteiger charge is -2.21. The molecule has 32 heavy (non-hydrogen) atoms. The first-order valence-electron chi connectivity index (χ1n) is 10.7. The van der Waals surface area contributed by atoms with Crippen molar-refractivity contribution in [3.05, 3.63) is 71.9 Å². The van der Waals surface area contributed by atoms with Crippen LogP contribution in [0.2, 0.25) is 0 Å². The predicted octanol–water partition coefficient (Wildman–Crippen LogP) is 4.39. The molecule has 2 aromatic carbocycles. The summed E-state index contributed by atoms with van der Waals surface area (Å²) in [6.45, 7) is 2.89. The fourth-order valence-electron chi connectivity index (χ4n) is 4.16. The van der Waals surface area contributed by atoms with Gasteiger partial charge in [-0.05, 0) is 54.8 Å². The number of hydrogen-bond donors (Lipinski definition) is 0. The van der Waals surface area contributed by atoms with Crippen LogP contribution in [-0.2, 0) is 16.4 Å². The van der Waals surface area contributed by atoms with Crippen LogP contribution in [0.3, 0.4) is 0 Å². The number of rotatable bonds is 5. The van der Waals surface area contributed by atoms with Crippen molar-refractivity contribution in [2.45, 2.75) is 31.1 Å². The number of unbranched alkanes of at least 4 members (excludes halogenated alkanes) is 1. The van der Waals surface area contributed by atoms with E-state index < -0.39 is 10.0 Å². The third-order valence-corrected chi connectivity index (χ3v) is 7.63. The third kappa shape index (κ3) is 3.31. The van der Waals surface area contributed by atoms with Crippen LogP contribution >= 0.6 is 0 Å². The summed E-state index contributed by atoms with van der Waals surface area (Å²) in [7, 11) is -3.83. The molecule has 0 saturated carbocycles. The summed E-state index contributed by atoms with van der Waals surface area (Å²) >= 11 is 0. The summed E-state index contributed by atoms with van der Waals surface area (Å²) in [6, 6.07) is 15.5. The largest absolute Gasteiger partial charge is 0.453 e. The SMILES string of the molecule is CCCCN1C(=O)c2cc(S(=O)(=O)N3CCc4ccccc43)ccc2Oc2cccnc21. The molecule has 2 aliphatic rings. The number of pyridine rings is 1. The number of carbonyl (C=O) groups excluding carboxylic acids is 1. The molecule has 0 spiro atoms. The van der Waals surface area contributed by atoms with Gasteiger partial charge in [-0.25, -0.2) is 13.4 Å². The highest BCUT2D eigenvalue weighted by atomic mass is 32.2. The molecule has 3 aromatic rings. The van der Waals surface area contributed by atoms with Crippen LogP contribution in [0.25, 0.3) is 0 Å². The third-order valence-electron chi connectivity index (χ3n) is 5.82. The fraction of sp³-hybridized carbons (Fsp3) is 0.250. The van der Waals surface area contributed by atoms with Gasteiger partial charge in [-0.3, -0.25) is 14.0 Å². The number of para-hydroxylation sites is 1. The lowest BCUT2D eigenvalue weighted by molar-refractivity contribution is 0.0986. The van der Waals surface area contributed by atoms with Crippen LogP contribution in [0.1, 0.15) is 35.7 Å². The number of anilines is 2. The molecule has 8 heteroatoms. The summed E-state index contributed by atoms with van der Waals surface area (Å²) in [4.78, 5) is 19.5. The number of amides is 1. The van der Waals surface area contributed by atoms with E-state index in [4.69, 9.17) is 4.74 Å². The molecule has 0 N–H and O–H groups in total. The summed E-state index contributed by atoms with van der Waals surface area (Å²) < 4.78 is 34.4. The molecule has 0 bridgehead atoms. The van der Waals surface area contributed by atoms with Gasteiger partial charge in [-0.1, -0.05) is 31.5 Å². The number of sulfonamides is 1. The molecule has 3 heterocycles. The second-order valence-electron chi connectivity index (χ2n) is 7.85. The van der Waals surface area contributed by atoms with Crippen molar-refractivity contribution >= 4 is 27.4 Å². The Morgan fingerprint density at radius 1 is 1.06 bits per heavy atom. The molecule has 0 radical (unpaired) electrons. The Balaban J connectivity index is 1.58. The zero-order valence-corrected chi connectivity index (χ0v) is 18.5. The number of aromatic nitrogens is 1. The second kappa shape index (κ2) is 7.94. The molecule has 1 amide bonds. The predicted molar refractivity (Wildman–Crippen MR) is 122 cm³/mol. The van der Waals surface area contributed by atoms with Crippen molar-refractivity contribution in [1.82, 2.24) is 4.98 Å². The maximum atomic E-state index is 13.5. The van der Waals surface area contributed by atoms with E-state index in [2.05, 4.69) is 4.98 Å². The second-order valence-corrected chi connectivity index (χ2v) is 9.71. The molecular formula is C24H23N3O4S. The number of nitrogens with zero attached hydrogens (tertiary/aromatic N) is 3. The zero-order valence-electron chi connectivity index (χ0n) is 17.7. The summed E-state index contributed by atoms with van der Waals surface area (Å²) in [6.07, 6.45) is 3.97. The van der Waals surface area contributed by atoms with Gasteiger partial charge in [0, 0.05) is 19.3 Å². The van der Waals surface area contributed by atoms with Crippen molar-refractivity contribution in [1.29, 1.82) is 0 Å². The molecule has 0 unspecified atom stereocenters. The van der Waals surface area contributed by atoms with Crippen molar-refractivity contribution < 1.29 is 17.9 Å². The monoisotopic (exact) mass is 449 g/mol. The van der Waals surface area contributed by atoms with Gasteiger partial charge in [0.05, 0.1) is 16.1 Å². The van der Waals surface area contributed by atoms with Crippen molar-refractivity contribution in [2.75, 3.05) is 22.3 Å². The van der Waals surface area contributed by atoms with E-state index >= 15 is 0 Å². The topological polar surface area (TPSA) is 79.8 Å². The normalized spacial score (nSPS) is 15.0. The highest BCUT2D eigenvalue weighted by molar-refractivity contribution is 7.92. The molecule has 0 fully saturated rings. The van der Waals surface area contributed by atoms with Crippen LogP contribution in [0.15, 0.2) is 65.7 Å². The summed E-state index contributed by atoms with van der Waals surface area (Å²) in [5.74, 6) is 0.925. The van der Waals surface area contributed by atoms with Gasteiger partial charge in [0.1, 0.15) is 5.75 Å². The minimum Gasteiger partial charge on any atom is -0.453 e. The molecule has 0 aliphatic carbocycles. The van der Waals surface area contributed by atoms with E-state index in [1.165, 1.54) is 16.4 Å². The van der Waals surface area contributed by atoms with Gasteiger partial charge >= 0.3 is 0 Å². The van der Waals surface area contributed by atoms with E-state index in [0.717, 1.165) is 18.4 Å². The quantitative estimate of drug-likeness (QED) is 0.577. The van der Waals surface area contributed by atoms with Crippen molar-refractivity contribution in [2.24, 2.45) is 0 Å². The smallest absolute Gasteiger partial charge is 0.264 e. The molecule has 5 rings (SSSR count). The highest BCUT2D eigenvalue weighted by Gasteiger charge is 2.34. The number of fused-ring (bicyclic) bond motifs is 3. The summed E-state index contributed by atoms with van der Waals surface area (Å²) in [5.41, 5.74) is 1.90. The van der Waals surface area contributed by atoms with Crippen molar-refractivity contribution in [3.8, 4) is 11.5 Å². The van der Waals surface area contributed by atoms with E-state index in [-0.39, 0.29) is 16.4 Å². The Morgan fingerprint density at radius 3 is 2.75 bits per heavy atom. The molecule has 1 aromatic heterocycles. The van der Waals surface area contributed by atoms with Gasteiger partial charge < -0.3 is 4.74 Å². The van der Waals surface area contributed by atoms with Gasteiger partial charge in [0.2, 0.25) is 0 Å². The number of benzene rings is 2. The van der Waals surface area contributed by atoms with Crippen LogP contribution in [0.4, 0.5) is 11.5 Å². The maximum absolute atomic E-state index is 13.5. The Labute approximate surface area is 187 Å². The van der Waals surface area contributed by atoms with E-state index in [1.54, 1.807) is 29.3 Å². The Bertz CT molecular complexity index is 1310. The first kappa shape index (κ1) is 20.5. The lowest BCUT2D eigenvalue weighted by Crippen LogP contribution is -2.32. The molecule has 0 atom stereocenters. The molecular weight excluding hydrogens is 426 g/mol. The lowest BCUT2D eigenvalue weighted by atomic mass is 10.1. The zero-order chi connectivity index (χ0) is 22.3. The first-order valence-corrected chi connectivity index (χ1v) is 12.1. The number of ether oxygens (including phenoxy) is 1. The minimum atomic E-state index is -3.83. The van der Waals surface area contributed by atoms with Crippen LogP contribution in [-0.4, -0.2) is 32.4 Å². The summed E-state index contributed by atoms with van der Waals surface area (Å²) in [5, 5.41) is 0. The molecule has 7 nitrogen and oxygen atoms in total. The molecule has 0 saturated heterocycles. The van der Waals surface area contributed by atoms with Gasteiger partial charge in [-0.2, -0.15) is 0 Å². The maximum Gasteiger partial charge on any atom is 0.264 e. The van der Waals surface area contributed by atoms with E-state index in [9.17, 15) is 13.2 Å². The Hall–Kier alpha value is -3.39. The van der Waals surface area contributed by atoms with Gasteiger partial charge in [0.25, 0.3) is 15.9 Å². The van der Waals surface area contributed by atoms with E-state index in [0.29, 0.717) is 42.5 Å². The molecule has 164 valence electrons. The average Bonchev–Trinajstić information content (AvgIpc) is 3.21. The van der Waals surface area contributed by atoms with Crippen LogP contribution in [0.5, 0.6) is 11.5 Å². The fourth-order valence-corrected chi connectivity index (χ4v) is 5.69. The van der Waals surface area contributed by atoms with E-state index in [1.807, 2.05) is 31.2 Å². The molecule has 2 aliphatic heterocycles. The number of hydrogen-bond acceptors (Lipinski definition) is 5.